The van der Waals surface area contributed by atoms with Crippen LogP contribution in [0.25, 0.3) is 0 Å². The first-order chi connectivity index (χ1) is 5.54. The van der Waals surface area contributed by atoms with Crippen molar-refractivity contribution in [2.24, 2.45) is 11.1 Å². The van der Waals surface area contributed by atoms with Crippen molar-refractivity contribution in [1.29, 1.82) is 0 Å². The van der Waals surface area contributed by atoms with Gasteiger partial charge in [0.2, 0.25) is 0 Å². The maximum Gasteiger partial charge on any atom is 0.00470 e. The molecular weight excluding hydrogens is 146 g/mol. The van der Waals surface area contributed by atoms with Gasteiger partial charge < -0.3 is 5.73 Å². The van der Waals surface area contributed by atoms with Crippen LogP contribution in [0.4, 0.5) is 0 Å². The van der Waals surface area contributed by atoms with Gasteiger partial charge in [-0.05, 0) is 27.2 Å². The minimum Gasteiger partial charge on any atom is -0.328 e. The maximum atomic E-state index is 5.77. The first-order valence-corrected chi connectivity index (χ1v) is 4.57. The molecular formula is C11H21N. The van der Waals surface area contributed by atoms with Crippen LogP contribution in [0.2, 0.25) is 0 Å². The average Bonchev–Trinajstić information content (AvgIpc) is 1.85. The third kappa shape index (κ3) is 4.35. The zero-order valence-corrected chi connectivity index (χ0v) is 8.67. The van der Waals surface area contributed by atoms with Crippen molar-refractivity contribution in [1.82, 2.24) is 0 Å². The van der Waals surface area contributed by atoms with E-state index in [4.69, 9.17) is 5.73 Å². The van der Waals surface area contributed by atoms with Crippen molar-refractivity contribution in [2.45, 2.75) is 40.2 Å². The molecule has 0 bridgehead atoms. The molecule has 0 saturated heterocycles. The highest BCUT2D eigenvalue weighted by Crippen LogP contribution is 2.26. The van der Waals surface area contributed by atoms with E-state index in [0.29, 0.717) is 0 Å². The minimum atomic E-state index is 0.137. The van der Waals surface area contributed by atoms with Crippen molar-refractivity contribution < 1.29 is 0 Å². The molecule has 0 aliphatic carbocycles. The fourth-order valence-electron chi connectivity index (χ4n) is 1.65. The van der Waals surface area contributed by atoms with E-state index in [1.54, 1.807) is 0 Å². The van der Waals surface area contributed by atoms with Gasteiger partial charge in [0.05, 0.1) is 0 Å². The molecule has 0 heterocycles. The van der Waals surface area contributed by atoms with Gasteiger partial charge in [-0.1, -0.05) is 31.2 Å². The van der Waals surface area contributed by atoms with Crippen molar-refractivity contribution in [2.75, 3.05) is 0 Å². The summed E-state index contributed by atoms with van der Waals surface area (Å²) in [4.78, 5) is 0. The second-order valence-electron chi connectivity index (χ2n) is 3.69. The molecule has 70 valence electrons. The molecule has 1 atom stereocenters. The summed E-state index contributed by atoms with van der Waals surface area (Å²) >= 11 is 0. The van der Waals surface area contributed by atoms with Crippen molar-refractivity contribution in [3.05, 3.63) is 24.3 Å². The molecule has 0 aromatic rings. The highest BCUT2D eigenvalue weighted by Gasteiger charge is 2.17. The molecule has 0 rings (SSSR count). The summed E-state index contributed by atoms with van der Waals surface area (Å²) in [5.41, 5.74) is 5.91. The molecule has 12 heavy (non-hydrogen) atoms. The predicted molar refractivity (Wildman–Crippen MR) is 56.0 cm³/mol. The lowest BCUT2D eigenvalue weighted by Crippen LogP contribution is -2.24. The van der Waals surface area contributed by atoms with E-state index in [9.17, 15) is 0 Å². The standard InChI is InChI=1S/C11H21N/c1-5-7-11(4,8-6-2)9-10(3)12/h5-8,10H,9,12H2,1-4H3. The number of hydrogen-bond acceptors (Lipinski definition) is 1. The summed E-state index contributed by atoms with van der Waals surface area (Å²) in [5, 5.41) is 0. The van der Waals surface area contributed by atoms with Crippen LogP contribution in [0.15, 0.2) is 24.3 Å². The quantitative estimate of drug-likeness (QED) is 0.640. The van der Waals surface area contributed by atoms with Gasteiger partial charge in [0.15, 0.2) is 0 Å². The van der Waals surface area contributed by atoms with Crippen LogP contribution in [-0.4, -0.2) is 6.04 Å². The van der Waals surface area contributed by atoms with Crippen molar-refractivity contribution >= 4 is 0 Å². The molecule has 1 nitrogen and oxygen atoms in total. The predicted octanol–water partition coefficient (Wildman–Crippen LogP) is 2.88. The van der Waals surface area contributed by atoms with Gasteiger partial charge >= 0.3 is 0 Å². The Morgan fingerprint density at radius 3 is 1.92 bits per heavy atom. The lowest BCUT2D eigenvalue weighted by Gasteiger charge is -2.23. The number of nitrogens with two attached hydrogens (primary N) is 1. The molecule has 1 heteroatoms. The van der Waals surface area contributed by atoms with Crippen LogP contribution in [0.5, 0.6) is 0 Å². The third-order valence-corrected chi connectivity index (χ3v) is 1.86. The lowest BCUT2D eigenvalue weighted by atomic mass is 9.83. The van der Waals surface area contributed by atoms with Gasteiger partial charge in [0, 0.05) is 11.5 Å². The van der Waals surface area contributed by atoms with Crippen LogP contribution >= 0.6 is 0 Å². The van der Waals surface area contributed by atoms with E-state index >= 15 is 0 Å². The molecule has 0 radical (unpaired) electrons. The monoisotopic (exact) mass is 167 g/mol. The molecule has 0 amide bonds. The SMILES string of the molecule is CC=CC(C)(C=CC)CC(C)N. The summed E-state index contributed by atoms with van der Waals surface area (Å²) in [7, 11) is 0. The van der Waals surface area contributed by atoms with Gasteiger partial charge in [-0.25, -0.2) is 0 Å². The lowest BCUT2D eigenvalue weighted by molar-refractivity contribution is 0.451. The van der Waals surface area contributed by atoms with E-state index < -0.39 is 0 Å². The van der Waals surface area contributed by atoms with E-state index in [1.165, 1.54) is 0 Å². The summed E-state index contributed by atoms with van der Waals surface area (Å²) in [6, 6.07) is 0.252. The average molecular weight is 167 g/mol. The van der Waals surface area contributed by atoms with E-state index in [0.717, 1.165) is 6.42 Å². The smallest absolute Gasteiger partial charge is 0.00470 e. The zero-order chi connectivity index (χ0) is 9.61. The van der Waals surface area contributed by atoms with Crippen molar-refractivity contribution in [3.63, 3.8) is 0 Å². The topological polar surface area (TPSA) is 26.0 Å². The molecule has 0 aromatic heterocycles. The van der Waals surface area contributed by atoms with Crippen molar-refractivity contribution in [3.8, 4) is 0 Å². The summed E-state index contributed by atoms with van der Waals surface area (Å²) < 4.78 is 0. The third-order valence-electron chi connectivity index (χ3n) is 1.86. The van der Waals surface area contributed by atoms with Gasteiger partial charge in [-0.3, -0.25) is 0 Å². The molecule has 0 aliphatic rings. The Kier molecular flexibility index (Phi) is 4.91. The number of allylic oxidation sites excluding steroid dienone is 4. The van der Waals surface area contributed by atoms with Gasteiger partial charge in [0.1, 0.15) is 0 Å². The first kappa shape index (κ1) is 11.4. The molecule has 2 N–H and O–H groups in total. The molecule has 1 unspecified atom stereocenters. The molecule has 0 spiro atoms. The minimum absolute atomic E-state index is 0.137. The van der Waals surface area contributed by atoms with Crippen LogP contribution in [0, 0.1) is 5.41 Å². The maximum absolute atomic E-state index is 5.77. The van der Waals surface area contributed by atoms with Crippen LogP contribution < -0.4 is 5.73 Å². The van der Waals surface area contributed by atoms with Crippen LogP contribution in [0.3, 0.4) is 0 Å². The van der Waals surface area contributed by atoms with Gasteiger partial charge in [0.25, 0.3) is 0 Å². The largest absolute Gasteiger partial charge is 0.328 e. The Balaban J connectivity index is 4.38. The van der Waals surface area contributed by atoms with Crippen LogP contribution in [-0.2, 0) is 0 Å². The Morgan fingerprint density at radius 1 is 1.25 bits per heavy atom. The summed E-state index contributed by atoms with van der Waals surface area (Å²) in [6.07, 6.45) is 9.58. The Bertz CT molecular complexity index is 154. The molecule has 0 saturated carbocycles. The number of hydrogen-bond donors (Lipinski definition) is 1. The van der Waals surface area contributed by atoms with E-state index in [-0.39, 0.29) is 11.5 Å². The molecule has 0 aromatic carbocycles. The Morgan fingerprint density at radius 2 is 1.67 bits per heavy atom. The second-order valence-corrected chi connectivity index (χ2v) is 3.69. The highest BCUT2D eigenvalue weighted by molar-refractivity contribution is 5.09. The fraction of sp³-hybridized carbons (Fsp3) is 0.636. The summed E-state index contributed by atoms with van der Waals surface area (Å²) in [6.45, 7) is 8.34. The normalized spacial score (nSPS) is 20.1. The Labute approximate surface area is 76.3 Å². The van der Waals surface area contributed by atoms with Crippen LogP contribution in [0.1, 0.15) is 34.1 Å². The van der Waals surface area contributed by atoms with E-state index in [1.807, 2.05) is 20.8 Å². The number of rotatable bonds is 4. The first-order valence-electron chi connectivity index (χ1n) is 4.57. The highest BCUT2D eigenvalue weighted by atomic mass is 14.6. The summed E-state index contributed by atoms with van der Waals surface area (Å²) in [5.74, 6) is 0. The second kappa shape index (κ2) is 5.15. The Hall–Kier alpha value is -0.560. The molecule has 0 fully saturated rings. The zero-order valence-electron chi connectivity index (χ0n) is 8.67. The molecule has 0 aliphatic heterocycles. The van der Waals surface area contributed by atoms with Gasteiger partial charge in [-0.15, -0.1) is 0 Å². The van der Waals surface area contributed by atoms with Gasteiger partial charge in [-0.2, -0.15) is 0 Å². The fourth-order valence-corrected chi connectivity index (χ4v) is 1.65. The van der Waals surface area contributed by atoms with E-state index in [2.05, 4.69) is 31.2 Å².